The average molecular weight is 304 g/mol. The lowest BCUT2D eigenvalue weighted by Gasteiger charge is -2.16. The summed E-state index contributed by atoms with van der Waals surface area (Å²) in [6.07, 6.45) is 4.12. The van der Waals surface area contributed by atoms with E-state index in [1.807, 2.05) is 45.0 Å². The summed E-state index contributed by atoms with van der Waals surface area (Å²) >= 11 is 0. The molecule has 2 N–H and O–H groups in total. The lowest BCUT2D eigenvalue weighted by atomic mass is 10.1. The summed E-state index contributed by atoms with van der Waals surface area (Å²) in [6.45, 7) is 7.13. The minimum absolute atomic E-state index is 0.0251. The smallest absolute Gasteiger partial charge is 0.220 e. The lowest BCUT2D eigenvalue weighted by Crippen LogP contribution is -2.29. The summed E-state index contributed by atoms with van der Waals surface area (Å²) in [5.74, 6) is 0.994. The molecule has 0 aliphatic carbocycles. The van der Waals surface area contributed by atoms with E-state index in [9.17, 15) is 4.79 Å². The monoisotopic (exact) mass is 304 g/mol. The maximum Gasteiger partial charge on any atom is 0.220 e. The topological polar surface area (TPSA) is 50.4 Å². The molecule has 1 heterocycles. The first-order chi connectivity index (χ1) is 10.5. The van der Waals surface area contributed by atoms with Crippen molar-refractivity contribution >= 4 is 5.91 Å². The molecule has 2 atom stereocenters. The van der Waals surface area contributed by atoms with Crippen LogP contribution in [-0.4, -0.2) is 24.6 Å². The molecular weight excluding hydrogens is 276 g/mol. The van der Waals surface area contributed by atoms with Gasteiger partial charge in [0.15, 0.2) is 0 Å². The lowest BCUT2D eigenvalue weighted by molar-refractivity contribution is -0.121. The third kappa shape index (κ3) is 5.34. The van der Waals surface area contributed by atoms with Crippen molar-refractivity contribution in [2.24, 2.45) is 0 Å². The molecule has 2 unspecified atom stereocenters. The number of hydrogen-bond donors (Lipinski definition) is 2. The van der Waals surface area contributed by atoms with Gasteiger partial charge in [0.2, 0.25) is 5.91 Å². The summed E-state index contributed by atoms with van der Waals surface area (Å²) in [6, 6.07) is 8.49. The number of nitrogens with one attached hydrogen (secondary N) is 2. The zero-order valence-electron chi connectivity index (χ0n) is 13.9. The number of rotatable bonds is 7. The molecule has 1 saturated heterocycles. The molecular formula is C18H28N2O2. The Morgan fingerprint density at radius 3 is 2.64 bits per heavy atom. The normalized spacial score (nSPS) is 19.2. The van der Waals surface area contributed by atoms with Gasteiger partial charge in [0, 0.05) is 12.5 Å². The van der Waals surface area contributed by atoms with E-state index in [1.54, 1.807) is 0 Å². The van der Waals surface area contributed by atoms with Crippen LogP contribution in [0.4, 0.5) is 0 Å². The second-order valence-corrected chi connectivity index (χ2v) is 6.36. The Balaban J connectivity index is 1.77. The predicted molar refractivity (Wildman–Crippen MR) is 89.0 cm³/mol. The Labute approximate surface area is 133 Å². The Hall–Kier alpha value is -1.55. The SMILES string of the molecule is CC(C)Oc1ccc(C(C)NC(=O)CCC2CCCN2)cc1. The molecule has 1 amide bonds. The van der Waals surface area contributed by atoms with E-state index < -0.39 is 0 Å². The maximum atomic E-state index is 12.0. The third-order valence-corrected chi connectivity index (χ3v) is 4.01. The molecule has 0 bridgehead atoms. The van der Waals surface area contributed by atoms with Gasteiger partial charge in [-0.1, -0.05) is 12.1 Å². The van der Waals surface area contributed by atoms with Crippen LogP contribution in [0.25, 0.3) is 0 Å². The highest BCUT2D eigenvalue weighted by molar-refractivity contribution is 5.76. The van der Waals surface area contributed by atoms with Crippen LogP contribution in [0.2, 0.25) is 0 Å². The van der Waals surface area contributed by atoms with E-state index in [0.717, 1.165) is 24.3 Å². The van der Waals surface area contributed by atoms with Gasteiger partial charge in [0.25, 0.3) is 0 Å². The van der Waals surface area contributed by atoms with Gasteiger partial charge in [-0.3, -0.25) is 4.79 Å². The first kappa shape index (κ1) is 16.8. The van der Waals surface area contributed by atoms with Crippen LogP contribution in [0, 0.1) is 0 Å². The van der Waals surface area contributed by atoms with Crippen LogP contribution in [0.5, 0.6) is 5.75 Å². The van der Waals surface area contributed by atoms with Gasteiger partial charge in [-0.05, 0) is 64.3 Å². The number of amides is 1. The molecule has 4 heteroatoms. The number of hydrogen-bond acceptors (Lipinski definition) is 3. The third-order valence-electron chi connectivity index (χ3n) is 4.01. The highest BCUT2D eigenvalue weighted by atomic mass is 16.5. The van der Waals surface area contributed by atoms with E-state index in [0.29, 0.717) is 12.5 Å². The summed E-state index contributed by atoms with van der Waals surface area (Å²) in [4.78, 5) is 12.0. The zero-order valence-corrected chi connectivity index (χ0v) is 13.9. The molecule has 4 nitrogen and oxygen atoms in total. The molecule has 1 fully saturated rings. The summed E-state index contributed by atoms with van der Waals surface area (Å²) < 4.78 is 5.63. The van der Waals surface area contributed by atoms with Crippen LogP contribution in [0.15, 0.2) is 24.3 Å². The van der Waals surface area contributed by atoms with Gasteiger partial charge >= 0.3 is 0 Å². The van der Waals surface area contributed by atoms with Gasteiger partial charge < -0.3 is 15.4 Å². The first-order valence-corrected chi connectivity index (χ1v) is 8.34. The van der Waals surface area contributed by atoms with Crippen LogP contribution >= 0.6 is 0 Å². The van der Waals surface area contributed by atoms with Gasteiger partial charge in [0.1, 0.15) is 5.75 Å². The highest BCUT2D eigenvalue weighted by Gasteiger charge is 2.16. The number of benzene rings is 1. The fourth-order valence-electron chi connectivity index (χ4n) is 2.81. The fraction of sp³-hybridized carbons (Fsp3) is 0.611. The van der Waals surface area contributed by atoms with E-state index in [4.69, 9.17) is 4.74 Å². The average Bonchev–Trinajstić information content (AvgIpc) is 2.98. The molecule has 122 valence electrons. The summed E-state index contributed by atoms with van der Waals surface area (Å²) in [7, 11) is 0. The molecule has 0 spiro atoms. The van der Waals surface area contributed by atoms with E-state index in [2.05, 4.69) is 10.6 Å². The predicted octanol–water partition coefficient (Wildman–Crippen LogP) is 3.18. The molecule has 1 aromatic carbocycles. The second-order valence-electron chi connectivity index (χ2n) is 6.36. The molecule has 1 aliphatic heterocycles. The van der Waals surface area contributed by atoms with Crippen LogP contribution < -0.4 is 15.4 Å². The fourth-order valence-corrected chi connectivity index (χ4v) is 2.81. The standard InChI is InChI=1S/C18H28N2O2/c1-13(2)22-17-9-6-15(7-10-17)14(3)20-18(21)11-8-16-5-4-12-19-16/h6-7,9-10,13-14,16,19H,4-5,8,11-12H2,1-3H3,(H,20,21). The minimum atomic E-state index is 0.0251. The van der Waals surface area contributed by atoms with E-state index >= 15 is 0 Å². The Bertz CT molecular complexity index is 464. The van der Waals surface area contributed by atoms with Gasteiger partial charge in [-0.15, -0.1) is 0 Å². The van der Waals surface area contributed by atoms with E-state index in [1.165, 1.54) is 12.8 Å². The van der Waals surface area contributed by atoms with Crippen molar-refractivity contribution in [1.82, 2.24) is 10.6 Å². The quantitative estimate of drug-likeness (QED) is 0.813. The first-order valence-electron chi connectivity index (χ1n) is 8.34. The minimum Gasteiger partial charge on any atom is -0.491 e. The summed E-state index contributed by atoms with van der Waals surface area (Å²) in [5.41, 5.74) is 1.10. The Kier molecular flexibility index (Phi) is 6.25. The molecule has 22 heavy (non-hydrogen) atoms. The number of ether oxygens (including phenoxy) is 1. The van der Waals surface area contributed by atoms with Crippen LogP contribution in [-0.2, 0) is 4.79 Å². The van der Waals surface area contributed by atoms with Crippen molar-refractivity contribution in [3.05, 3.63) is 29.8 Å². The largest absolute Gasteiger partial charge is 0.491 e. The van der Waals surface area contributed by atoms with Crippen LogP contribution in [0.3, 0.4) is 0 Å². The maximum absolute atomic E-state index is 12.0. The molecule has 1 aromatic rings. The van der Waals surface area contributed by atoms with Gasteiger partial charge in [0.05, 0.1) is 12.1 Å². The molecule has 1 aliphatic rings. The Morgan fingerprint density at radius 2 is 2.05 bits per heavy atom. The van der Waals surface area contributed by atoms with Crippen molar-refractivity contribution in [2.45, 2.75) is 64.6 Å². The zero-order chi connectivity index (χ0) is 15.9. The van der Waals surface area contributed by atoms with Crippen molar-refractivity contribution in [3.8, 4) is 5.75 Å². The summed E-state index contributed by atoms with van der Waals surface area (Å²) in [5, 5.41) is 6.50. The molecule has 2 rings (SSSR count). The van der Waals surface area contributed by atoms with Crippen molar-refractivity contribution in [1.29, 1.82) is 0 Å². The Morgan fingerprint density at radius 1 is 1.32 bits per heavy atom. The van der Waals surface area contributed by atoms with Crippen LogP contribution in [0.1, 0.15) is 58.1 Å². The van der Waals surface area contributed by atoms with Crippen molar-refractivity contribution in [3.63, 3.8) is 0 Å². The second kappa shape index (κ2) is 8.18. The number of carbonyl (C=O) groups excluding carboxylic acids is 1. The van der Waals surface area contributed by atoms with E-state index in [-0.39, 0.29) is 18.1 Å². The van der Waals surface area contributed by atoms with Crippen molar-refractivity contribution < 1.29 is 9.53 Å². The van der Waals surface area contributed by atoms with Gasteiger partial charge in [-0.2, -0.15) is 0 Å². The highest BCUT2D eigenvalue weighted by Crippen LogP contribution is 2.19. The number of carbonyl (C=O) groups is 1. The molecule has 0 aromatic heterocycles. The molecule has 0 radical (unpaired) electrons. The van der Waals surface area contributed by atoms with Crippen molar-refractivity contribution in [2.75, 3.05) is 6.54 Å². The molecule has 0 saturated carbocycles. The van der Waals surface area contributed by atoms with Gasteiger partial charge in [-0.25, -0.2) is 0 Å².